The number of hydrogen-bond acceptors (Lipinski definition) is 6. The fourth-order valence-corrected chi connectivity index (χ4v) is 8.66. The number of carbonyl (C=O) groups excluding carboxylic acids is 3. The fraction of sp³-hybridized carbons (Fsp3) is 0.721. The van der Waals surface area contributed by atoms with Crippen LogP contribution in [0.15, 0.2) is 97.2 Å². The first kappa shape index (κ1) is 70.3. The quantitative estimate of drug-likeness (QED) is 0.0261. The Morgan fingerprint density at radius 3 is 0.892 bits per heavy atom. The van der Waals surface area contributed by atoms with Crippen molar-refractivity contribution in [2.75, 3.05) is 13.2 Å². The zero-order valence-corrected chi connectivity index (χ0v) is 48.6. The number of ether oxygens (including phenoxy) is 3. The van der Waals surface area contributed by atoms with Gasteiger partial charge in [-0.1, -0.05) is 279 Å². The summed E-state index contributed by atoms with van der Waals surface area (Å²) >= 11 is 0. The highest BCUT2D eigenvalue weighted by atomic mass is 16.6. The molecule has 0 aromatic carbocycles. The summed E-state index contributed by atoms with van der Waals surface area (Å²) < 4.78 is 16.8. The second kappa shape index (κ2) is 61.9. The van der Waals surface area contributed by atoms with E-state index in [-0.39, 0.29) is 31.1 Å². The molecule has 1 atom stereocenters. The van der Waals surface area contributed by atoms with Gasteiger partial charge in [-0.3, -0.25) is 14.4 Å². The van der Waals surface area contributed by atoms with Crippen molar-refractivity contribution < 1.29 is 28.6 Å². The van der Waals surface area contributed by atoms with Gasteiger partial charge in [0, 0.05) is 19.3 Å². The lowest BCUT2D eigenvalue weighted by molar-refractivity contribution is -0.167. The van der Waals surface area contributed by atoms with Gasteiger partial charge in [0.05, 0.1) is 0 Å². The topological polar surface area (TPSA) is 78.9 Å². The van der Waals surface area contributed by atoms with Crippen molar-refractivity contribution in [3.8, 4) is 0 Å². The monoisotopic (exact) mass is 1030 g/mol. The SMILES string of the molecule is CC/C=C\C/C=C\C/C=C\C/C=C\C/C=C\C/C=C\C/C=C\CCCCCCCCCCCCCC(=O)OCC(COC(=O)CCCCCCC/C=C\CCC)OC(=O)CCCCCCCCCCCCCCC. The Morgan fingerprint density at radius 2 is 0.554 bits per heavy atom. The molecule has 0 aromatic rings. The number of carbonyl (C=O) groups is 3. The third-order valence-electron chi connectivity index (χ3n) is 13.3. The number of esters is 3. The minimum absolute atomic E-state index is 0.0784. The van der Waals surface area contributed by atoms with E-state index in [4.69, 9.17) is 14.2 Å². The molecule has 0 aromatic heterocycles. The van der Waals surface area contributed by atoms with Crippen molar-refractivity contribution in [3.63, 3.8) is 0 Å². The first-order valence-corrected chi connectivity index (χ1v) is 31.2. The summed E-state index contributed by atoms with van der Waals surface area (Å²) in [6, 6.07) is 0. The normalized spacial score (nSPS) is 12.7. The molecule has 6 nitrogen and oxygen atoms in total. The van der Waals surface area contributed by atoms with Gasteiger partial charge in [0.1, 0.15) is 13.2 Å². The van der Waals surface area contributed by atoms with Crippen molar-refractivity contribution in [2.24, 2.45) is 0 Å². The predicted molar refractivity (Wildman–Crippen MR) is 320 cm³/mol. The highest BCUT2D eigenvalue weighted by Gasteiger charge is 2.19. The summed E-state index contributed by atoms with van der Waals surface area (Å²) in [7, 11) is 0. The van der Waals surface area contributed by atoms with Gasteiger partial charge in [0.15, 0.2) is 6.10 Å². The largest absolute Gasteiger partial charge is 0.462 e. The average molecular weight is 1030 g/mol. The van der Waals surface area contributed by atoms with Crippen LogP contribution >= 0.6 is 0 Å². The van der Waals surface area contributed by atoms with Gasteiger partial charge < -0.3 is 14.2 Å². The van der Waals surface area contributed by atoms with Crippen LogP contribution in [0, 0.1) is 0 Å². The van der Waals surface area contributed by atoms with Gasteiger partial charge in [-0.25, -0.2) is 0 Å². The van der Waals surface area contributed by atoms with Crippen molar-refractivity contribution in [1.82, 2.24) is 0 Å². The van der Waals surface area contributed by atoms with Gasteiger partial charge in [0.2, 0.25) is 0 Å². The van der Waals surface area contributed by atoms with E-state index >= 15 is 0 Å². The molecule has 0 aliphatic carbocycles. The lowest BCUT2D eigenvalue weighted by Crippen LogP contribution is -2.30. The van der Waals surface area contributed by atoms with Crippen LogP contribution in [0.2, 0.25) is 0 Å². The Balaban J connectivity index is 4.13. The standard InChI is InChI=1S/C68H116O6/c1-4-7-10-13-16-19-22-24-25-26-27-28-29-30-31-32-33-34-35-36-37-38-39-40-41-42-43-45-46-49-52-55-58-61-67(70)73-64-65(63-72-66(69)60-57-54-51-48-21-18-15-12-9-6-3)74-68(71)62-59-56-53-50-47-44-23-20-17-14-11-8-5-2/h7,10,12,15-16,19,24-25,27-28,30-31,33-34,36-37,65H,4-6,8-9,11,13-14,17-18,20-23,26,29,32,35,38-64H2,1-3H3/b10-7-,15-12-,19-16-,25-24-,28-27-,31-30-,34-33-,37-36-. The molecular formula is C68H116O6. The van der Waals surface area contributed by atoms with Crippen LogP contribution in [0.5, 0.6) is 0 Å². The van der Waals surface area contributed by atoms with E-state index in [1.165, 1.54) is 141 Å². The smallest absolute Gasteiger partial charge is 0.306 e. The van der Waals surface area contributed by atoms with Gasteiger partial charge in [-0.15, -0.1) is 0 Å². The van der Waals surface area contributed by atoms with Crippen molar-refractivity contribution in [3.05, 3.63) is 97.2 Å². The van der Waals surface area contributed by atoms with Gasteiger partial charge in [-0.2, -0.15) is 0 Å². The Morgan fingerprint density at radius 1 is 0.284 bits per heavy atom. The average Bonchev–Trinajstić information content (AvgIpc) is 3.40. The number of allylic oxidation sites excluding steroid dienone is 16. The van der Waals surface area contributed by atoms with E-state index in [2.05, 4.69) is 118 Å². The first-order valence-electron chi connectivity index (χ1n) is 31.2. The van der Waals surface area contributed by atoms with Crippen LogP contribution in [-0.2, 0) is 28.6 Å². The summed E-state index contributed by atoms with van der Waals surface area (Å²) in [5.74, 6) is -0.884. The summed E-state index contributed by atoms with van der Waals surface area (Å²) in [6.07, 6.45) is 82.8. The van der Waals surface area contributed by atoms with Crippen molar-refractivity contribution >= 4 is 17.9 Å². The van der Waals surface area contributed by atoms with Crippen LogP contribution < -0.4 is 0 Å². The van der Waals surface area contributed by atoms with Crippen LogP contribution in [0.1, 0.15) is 297 Å². The molecule has 0 amide bonds. The van der Waals surface area contributed by atoms with Crippen molar-refractivity contribution in [1.29, 1.82) is 0 Å². The molecule has 74 heavy (non-hydrogen) atoms. The van der Waals surface area contributed by atoms with Crippen LogP contribution in [0.25, 0.3) is 0 Å². The third-order valence-corrected chi connectivity index (χ3v) is 13.3. The number of unbranched alkanes of at least 4 members (excludes halogenated alkanes) is 29. The molecule has 0 heterocycles. The molecule has 0 aliphatic heterocycles. The maximum absolute atomic E-state index is 12.8. The summed E-state index contributed by atoms with van der Waals surface area (Å²) in [5, 5.41) is 0. The lowest BCUT2D eigenvalue weighted by atomic mass is 10.0. The minimum Gasteiger partial charge on any atom is -0.462 e. The summed E-state index contributed by atoms with van der Waals surface area (Å²) in [4.78, 5) is 38.1. The first-order chi connectivity index (χ1) is 36.5. The molecule has 424 valence electrons. The Bertz CT molecular complexity index is 1460. The molecule has 0 N–H and O–H groups in total. The van der Waals surface area contributed by atoms with Crippen LogP contribution in [-0.4, -0.2) is 37.2 Å². The molecule has 0 rings (SSSR count). The number of rotatable bonds is 56. The lowest BCUT2D eigenvalue weighted by Gasteiger charge is -2.18. The van der Waals surface area contributed by atoms with E-state index in [9.17, 15) is 14.4 Å². The van der Waals surface area contributed by atoms with Gasteiger partial charge in [0.25, 0.3) is 0 Å². The molecule has 0 saturated heterocycles. The van der Waals surface area contributed by atoms with E-state index in [1.807, 2.05) is 0 Å². The highest BCUT2D eigenvalue weighted by molar-refractivity contribution is 5.71. The minimum atomic E-state index is -0.778. The summed E-state index contributed by atoms with van der Waals surface area (Å²) in [6.45, 7) is 6.47. The van der Waals surface area contributed by atoms with E-state index < -0.39 is 6.10 Å². The number of hydrogen-bond donors (Lipinski definition) is 0. The van der Waals surface area contributed by atoms with E-state index in [1.54, 1.807) is 0 Å². The molecule has 0 bridgehead atoms. The maximum Gasteiger partial charge on any atom is 0.306 e. The Kier molecular flexibility index (Phi) is 58.8. The predicted octanol–water partition coefficient (Wildman–Crippen LogP) is 21.3. The maximum atomic E-state index is 12.8. The van der Waals surface area contributed by atoms with Crippen molar-refractivity contribution in [2.45, 2.75) is 303 Å². The highest BCUT2D eigenvalue weighted by Crippen LogP contribution is 2.16. The van der Waals surface area contributed by atoms with Crippen LogP contribution in [0.4, 0.5) is 0 Å². The molecule has 0 radical (unpaired) electrons. The van der Waals surface area contributed by atoms with Gasteiger partial charge in [-0.05, 0) is 96.3 Å². The second-order valence-corrected chi connectivity index (χ2v) is 20.6. The second-order valence-electron chi connectivity index (χ2n) is 20.6. The molecule has 0 saturated carbocycles. The Labute approximate surface area is 457 Å². The van der Waals surface area contributed by atoms with Gasteiger partial charge >= 0.3 is 17.9 Å². The molecule has 0 aliphatic rings. The van der Waals surface area contributed by atoms with E-state index in [0.29, 0.717) is 19.3 Å². The molecule has 1 unspecified atom stereocenters. The van der Waals surface area contributed by atoms with Crippen LogP contribution in [0.3, 0.4) is 0 Å². The Hall–Kier alpha value is -3.67. The molecule has 0 spiro atoms. The molecule has 6 heteroatoms. The molecule has 0 fully saturated rings. The zero-order chi connectivity index (χ0) is 53.6. The van der Waals surface area contributed by atoms with E-state index in [0.717, 1.165) is 116 Å². The third kappa shape index (κ3) is 59.2. The molecular weight excluding hydrogens is 913 g/mol. The fourth-order valence-electron chi connectivity index (χ4n) is 8.66. The summed E-state index contributed by atoms with van der Waals surface area (Å²) in [5.41, 5.74) is 0. The zero-order valence-electron chi connectivity index (χ0n) is 48.6.